The molecule has 0 atom stereocenters. The molecule has 2 nitrogen and oxygen atoms in total. The molecule has 1 aromatic heterocycles. The minimum absolute atomic E-state index is 0.729. The van der Waals surface area contributed by atoms with E-state index in [9.17, 15) is 0 Å². The first-order valence-corrected chi connectivity index (χ1v) is 5.50. The van der Waals surface area contributed by atoms with Crippen molar-refractivity contribution in [1.29, 1.82) is 5.41 Å². The number of thiophene rings is 1. The summed E-state index contributed by atoms with van der Waals surface area (Å²) in [4.78, 5) is 3.36. The van der Waals surface area contributed by atoms with E-state index in [1.807, 2.05) is 6.07 Å². The van der Waals surface area contributed by atoms with Gasteiger partial charge in [-0.05, 0) is 25.3 Å². The minimum atomic E-state index is 0.729. The van der Waals surface area contributed by atoms with Gasteiger partial charge in [0.1, 0.15) is 5.84 Å². The van der Waals surface area contributed by atoms with Gasteiger partial charge >= 0.3 is 0 Å². The second kappa shape index (κ2) is 5.02. The third kappa shape index (κ3) is 2.84. The van der Waals surface area contributed by atoms with Crippen LogP contribution in [0.1, 0.15) is 18.7 Å². The van der Waals surface area contributed by atoms with Crippen molar-refractivity contribution >= 4 is 17.2 Å². The molecule has 0 bridgehead atoms. The number of rotatable bonds is 4. The fourth-order valence-electron chi connectivity index (χ4n) is 1.30. The van der Waals surface area contributed by atoms with E-state index in [1.165, 1.54) is 4.88 Å². The molecule has 3 heteroatoms. The van der Waals surface area contributed by atoms with Crippen LogP contribution in [-0.4, -0.2) is 23.8 Å². The normalized spacial score (nSPS) is 10.0. The summed E-state index contributed by atoms with van der Waals surface area (Å²) in [7, 11) is 0. The highest BCUT2D eigenvalue weighted by Crippen LogP contribution is 2.10. The number of amidine groups is 1. The van der Waals surface area contributed by atoms with Crippen LogP contribution in [0.15, 0.2) is 17.5 Å². The molecule has 0 aromatic carbocycles. The van der Waals surface area contributed by atoms with Crippen LogP contribution in [0.25, 0.3) is 0 Å². The third-order valence-corrected chi connectivity index (χ3v) is 2.94. The Bertz CT molecular complexity index is 250. The summed E-state index contributed by atoms with van der Waals surface area (Å²) in [6.07, 6.45) is 0.777. The number of nitrogens with one attached hydrogen (secondary N) is 1. The molecular formula is C10H16N2S. The van der Waals surface area contributed by atoms with Crippen molar-refractivity contribution in [2.45, 2.75) is 20.3 Å². The van der Waals surface area contributed by atoms with E-state index in [2.05, 4.69) is 30.2 Å². The van der Waals surface area contributed by atoms with E-state index < -0.39 is 0 Å². The summed E-state index contributed by atoms with van der Waals surface area (Å²) in [5, 5.41) is 9.92. The van der Waals surface area contributed by atoms with E-state index in [1.54, 1.807) is 11.3 Å². The molecule has 0 aliphatic heterocycles. The Morgan fingerprint density at radius 2 is 2.15 bits per heavy atom. The van der Waals surface area contributed by atoms with Gasteiger partial charge in [0.25, 0.3) is 0 Å². The Morgan fingerprint density at radius 3 is 2.62 bits per heavy atom. The molecule has 0 amide bonds. The van der Waals surface area contributed by atoms with Gasteiger partial charge in [-0.3, -0.25) is 5.41 Å². The summed E-state index contributed by atoms with van der Waals surface area (Å²) in [5.74, 6) is 0.729. The second-order valence-electron chi connectivity index (χ2n) is 2.88. The lowest BCUT2D eigenvalue weighted by Crippen LogP contribution is -2.30. The predicted molar refractivity (Wildman–Crippen MR) is 58.7 cm³/mol. The molecule has 0 aliphatic carbocycles. The molecule has 0 spiro atoms. The molecule has 0 aliphatic rings. The summed E-state index contributed by atoms with van der Waals surface area (Å²) in [6.45, 7) is 6.04. The van der Waals surface area contributed by atoms with Crippen LogP contribution in [-0.2, 0) is 6.42 Å². The van der Waals surface area contributed by atoms with Crippen molar-refractivity contribution in [1.82, 2.24) is 4.90 Å². The molecule has 72 valence electrons. The SMILES string of the molecule is CCN(CC)C(=N)Cc1cccs1. The quantitative estimate of drug-likeness (QED) is 0.581. The number of hydrogen-bond acceptors (Lipinski definition) is 2. The predicted octanol–water partition coefficient (Wildman–Crippen LogP) is 2.61. The smallest absolute Gasteiger partial charge is 0.101 e. The molecule has 13 heavy (non-hydrogen) atoms. The van der Waals surface area contributed by atoms with Crippen LogP contribution in [0.5, 0.6) is 0 Å². The zero-order valence-corrected chi connectivity index (χ0v) is 9.03. The number of likely N-dealkylation sites (N-methyl/N-ethyl adjacent to an activating group) is 1. The maximum Gasteiger partial charge on any atom is 0.101 e. The maximum atomic E-state index is 7.85. The molecule has 0 saturated carbocycles. The highest BCUT2D eigenvalue weighted by atomic mass is 32.1. The van der Waals surface area contributed by atoms with Crippen LogP contribution in [0, 0.1) is 5.41 Å². The molecule has 0 radical (unpaired) electrons. The van der Waals surface area contributed by atoms with Crippen molar-refractivity contribution in [3.8, 4) is 0 Å². The lowest BCUT2D eigenvalue weighted by Gasteiger charge is -2.20. The van der Waals surface area contributed by atoms with E-state index >= 15 is 0 Å². The average molecular weight is 196 g/mol. The first-order chi connectivity index (χ1) is 6.27. The number of nitrogens with zero attached hydrogens (tertiary/aromatic N) is 1. The molecule has 0 unspecified atom stereocenters. The van der Waals surface area contributed by atoms with Crippen LogP contribution in [0.2, 0.25) is 0 Å². The zero-order valence-electron chi connectivity index (χ0n) is 8.21. The molecular weight excluding hydrogens is 180 g/mol. The maximum absolute atomic E-state index is 7.85. The van der Waals surface area contributed by atoms with Crippen molar-refractivity contribution in [3.05, 3.63) is 22.4 Å². The van der Waals surface area contributed by atoms with Crippen molar-refractivity contribution < 1.29 is 0 Å². The lowest BCUT2D eigenvalue weighted by atomic mass is 10.3. The standard InChI is InChI=1S/C10H16N2S/c1-3-12(4-2)10(11)8-9-6-5-7-13-9/h5-7,11H,3-4,8H2,1-2H3. The van der Waals surface area contributed by atoms with Gasteiger partial charge in [0.2, 0.25) is 0 Å². The second-order valence-corrected chi connectivity index (χ2v) is 3.91. The Hall–Kier alpha value is -0.830. The lowest BCUT2D eigenvalue weighted by molar-refractivity contribution is 0.455. The Balaban J connectivity index is 2.49. The van der Waals surface area contributed by atoms with Gasteiger partial charge < -0.3 is 4.90 Å². The summed E-state index contributed by atoms with van der Waals surface area (Å²) in [6, 6.07) is 4.12. The van der Waals surface area contributed by atoms with E-state index in [4.69, 9.17) is 5.41 Å². The molecule has 0 fully saturated rings. The average Bonchev–Trinajstić information content (AvgIpc) is 2.59. The summed E-state index contributed by atoms with van der Waals surface area (Å²) in [5.41, 5.74) is 0. The van der Waals surface area contributed by atoms with Gasteiger partial charge in [0.05, 0.1) is 0 Å². The van der Waals surface area contributed by atoms with E-state index in [0.717, 1.165) is 25.3 Å². The van der Waals surface area contributed by atoms with Crippen LogP contribution in [0.4, 0.5) is 0 Å². The largest absolute Gasteiger partial charge is 0.361 e. The Morgan fingerprint density at radius 1 is 1.46 bits per heavy atom. The third-order valence-electron chi connectivity index (χ3n) is 2.07. The minimum Gasteiger partial charge on any atom is -0.361 e. The van der Waals surface area contributed by atoms with Gasteiger partial charge in [-0.2, -0.15) is 0 Å². The monoisotopic (exact) mass is 196 g/mol. The van der Waals surface area contributed by atoms with Crippen LogP contribution < -0.4 is 0 Å². The van der Waals surface area contributed by atoms with Crippen molar-refractivity contribution in [3.63, 3.8) is 0 Å². The van der Waals surface area contributed by atoms with Gasteiger partial charge in [-0.15, -0.1) is 11.3 Å². The fourth-order valence-corrected chi connectivity index (χ4v) is 2.00. The molecule has 0 saturated heterocycles. The molecule has 1 heterocycles. The van der Waals surface area contributed by atoms with Crippen LogP contribution in [0.3, 0.4) is 0 Å². The van der Waals surface area contributed by atoms with Crippen molar-refractivity contribution in [2.24, 2.45) is 0 Å². The molecule has 1 aromatic rings. The van der Waals surface area contributed by atoms with Gasteiger partial charge in [-0.1, -0.05) is 6.07 Å². The van der Waals surface area contributed by atoms with Gasteiger partial charge in [0, 0.05) is 24.4 Å². The van der Waals surface area contributed by atoms with E-state index in [0.29, 0.717) is 0 Å². The highest BCUT2D eigenvalue weighted by molar-refractivity contribution is 7.10. The van der Waals surface area contributed by atoms with Gasteiger partial charge in [0.15, 0.2) is 0 Å². The van der Waals surface area contributed by atoms with Crippen molar-refractivity contribution in [2.75, 3.05) is 13.1 Å². The first-order valence-electron chi connectivity index (χ1n) is 4.62. The first kappa shape index (κ1) is 10.3. The molecule has 1 N–H and O–H groups in total. The zero-order chi connectivity index (χ0) is 9.68. The number of hydrogen-bond donors (Lipinski definition) is 1. The fraction of sp³-hybridized carbons (Fsp3) is 0.500. The summed E-state index contributed by atoms with van der Waals surface area (Å²) >= 11 is 1.72. The van der Waals surface area contributed by atoms with Crippen LogP contribution >= 0.6 is 11.3 Å². The summed E-state index contributed by atoms with van der Waals surface area (Å²) < 4.78 is 0. The van der Waals surface area contributed by atoms with E-state index in [-0.39, 0.29) is 0 Å². The Labute approximate surface area is 83.7 Å². The van der Waals surface area contributed by atoms with Gasteiger partial charge in [-0.25, -0.2) is 0 Å². The highest BCUT2D eigenvalue weighted by Gasteiger charge is 2.06. The topological polar surface area (TPSA) is 27.1 Å². The molecule has 1 rings (SSSR count). The Kier molecular flexibility index (Phi) is 3.96.